The Kier molecular flexibility index (Phi) is 4.65. The first-order valence-electron chi connectivity index (χ1n) is 6.24. The van der Waals surface area contributed by atoms with E-state index >= 15 is 0 Å². The van der Waals surface area contributed by atoms with E-state index < -0.39 is 5.97 Å². The summed E-state index contributed by atoms with van der Waals surface area (Å²) in [5.41, 5.74) is 1.07. The molecule has 0 saturated carbocycles. The van der Waals surface area contributed by atoms with Crippen LogP contribution in [0, 0.1) is 0 Å². The number of halogens is 1. The van der Waals surface area contributed by atoms with Crippen molar-refractivity contribution in [1.82, 2.24) is 4.98 Å². The Morgan fingerprint density at radius 1 is 1.43 bits per heavy atom. The molecule has 2 aromatic rings. The zero-order chi connectivity index (χ0) is 15.4. The maximum atomic E-state index is 11.1. The van der Waals surface area contributed by atoms with Gasteiger partial charge in [0.15, 0.2) is 0 Å². The zero-order valence-electron chi connectivity index (χ0n) is 11.7. The first-order chi connectivity index (χ1) is 10.0. The van der Waals surface area contributed by atoms with E-state index in [9.17, 15) is 4.79 Å². The summed E-state index contributed by atoms with van der Waals surface area (Å²) in [6, 6.07) is 9.12. The molecule has 0 spiro atoms. The highest BCUT2D eigenvalue weighted by molar-refractivity contribution is 6.33. The van der Waals surface area contributed by atoms with Gasteiger partial charge in [-0.3, -0.25) is 0 Å². The maximum absolute atomic E-state index is 11.1. The van der Waals surface area contributed by atoms with Crippen molar-refractivity contribution < 1.29 is 14.6 Å². The molecule has 0 aliphatic rings. The number of benzene rings is 1. The van der Waals surface area contributed by atoms with Crippen molar-refractivity contribution >= 4 is 23.4 Å². The molecule has 0 aliphatic carbocycles. The molecule has 1 aromatic heterocycles. The molecular formula is C15H15ClN2O3. The Bertz CT molecular complexity index is 661. The molecule has 5 nitrogen and oxygen atoms in total. The Morgan fingerprint density at radius 3 is 2.86 bits per heavy atom. The SMILES string of the molecule is COc1cccc(CN(C)c2cc(C(=O)O)c(Cl)cn2)c1. The third-order valence-corrected chi connectivity index (χ3v) is 3.32. The van der Waals surface area contributed by atoms with Crippen LogP contribution in [0.2, 0.25) is 5.02 Å². The first kappa shape index (κ1) is 15.1. The number of ether oxygens (including phenoxy) is 1. The molecular weight excluding hydrogens is 292 g/mol. The van der Waals surface area contributed by atoms with E-state index in [0.29, 0.717) is 12.4 Å². The summed E-state index contributed by atoms with van der Waals surface area (Å²) in [6.07, 6.45) is 1.35. The van der Waals surface area contributed by atoms with Gasteiger partial charge in [-0.05, 0) is 23.8 Å². The number of aromatic nitrogens is 1. The van der Waals surface area contributed by atoms with E-state index in [1.807, 2.05) is 36.2 Å². The minimum atomic E-state index is -1.07. The van der Waals surface area contributed by atoms with Gasteiger partial charge >= 0.3 is 5.97 Å². The lowest BCUT2D eigenvalue weighted by atomic mass is 10.2. The van der Waals surface area contributed by atoms with Crippen LogP contribution in [0.5, 0.6) is 5.75 Å². The van der Waals surface area contributed by atoms with Crippen molar-refractivity contribution in [3.63, 3.8) is 0 Å². The molecule has 0 fully saturated rings. The lowest BCUT2D eigenvalue weighted by molar-refractivity contribution is 0.0697. The largest absolute Gasteiger partial charge is 0.497 e. The lowest BCUT2D eigenvalue weighted by Crippen LogP contribution is -2.18. The van der Waals surface area contributed by atoms with Crippen molar-refractivity contribution in [2.24, 2.45) is 0 Å². The van der Waals surface area contributed by atoms with Crippen LogP contribution in [0.15, 0.2) is 36.5 Å². The van der Waals surface area contributed by atoms with Crippen LogP contribution in [-0.2, 0) is 6.54 Å². The van der Waals surface area contributed by atoms with Gasteiger partial charge in [-0.15, -0.1) is 0 Å². The third-order valence-electron chi connectivity index (χ3n) is 3.02. The van der Waals surface area contributed by atoms with E-state index in [1.54, 1.807) is 7.11 Å². The summed E-state index contributed by atoms with van der Waals surface area (Å²) in [6.45, 7) is 0.574. The summed E-state index contributed by atoms with van der Waals surface area (Å²) in [4.78, 5) is 17.1. The number of carboxylic acids is 1. The molecule has 1 N–H and O–H groups in total. The lowest BCUT2D eigenvalue weighted by Gasteiger charge is -2.19. The van der Waals surface area contributed by atoms with Gasteiger partial charge in [0.25, 0.3) is 0 Å². The molecule has 6 heteroatoms. The minimum absolute atomic E-state index is 0.0409. The zero-order valence-corrected chi connectivity index (χ0v) is 12.5. The van der Waals surface area contributed by atoms with E-state index in [2.05, 4.69) is 4.98 Å². The summed E-state index contributed by atoms with van der Waals surface area (Å²) in [5.74, 6) is 0.245. The molecule has 0 atom stereocenters. The van der Waals surface area contributed by atoms with Crippen LogP contribution < -0.4 is 9.64 Å². The van der Waals surface area contributed by atoms with Crippen molar-refractivity contribution in [3.05, 3.63) is 52.7 Å². The maximum Gasteiger partial charge on any atom is 0.337 e. The van der Waals surface area contributed by atoms with Crippen LogP contribution in [0.4, 0.5) is 5.82 Å². The van der Waals surface area contributed by atoms with Gasteiger partial charge in [-0.25, -0.2) is 9.78 Å². The number of nitrogens with zero attached hydrogens (tertiary/aromatic N) is 2. The first-order valence-corrected chi connectivity index (χ1v) is 6.62. The molecule has 0 saturated heterocycles. The van der Waals surface area contributed by atoms with Gasteiger partial charge in [0.1, 0.15) is 11.6 Å². The second-order valence-electron chi connectivity index (χ2n) is 4.54. The fourth-order valence-corrected chi connectivity index (χ4v) is 2.11. The van der Waals surface area contributed by atoms with E-state index in [-0.39, 0.29) is 10.6 Å². The second-order valence-corrected chi connectivity index (χ2v) is 4.94. The number of hydrogen-bond acceptors (Lipinski definition) is 4. The predicted octanol–water partition coefficient (Wildman–Crippen LogP) is 3.08. The van der Waals surface area contributed by atoms with Gasteiger partial charge < -0.3 is 14.7 Å². The number of hydrogen-bond donors (Lipinski definition) is 1. The fraction of sp³-hybridized carbons (Fsp3) is 0.200. The molecule has 1 aromatic carbocycles. The summed E-state index contributed by atoms with van der Waals surface area (Å²) >= 11 is 5.82. The fourth-order valence-electron chi connectivity index (χ4n) is 1.93. The molecule has 0 unspecified atom stereocenters. The van der Waals surface area contributed by atoms with Gasteiger partial charge in [0, 0.05) is 19.8 Å². The Balaban J connectivity index is 2.21. The monoisotopic (exact) mass is 306 g/mol. The average molecular weight is 307 g/mol. The third kappa shape index (κ3) is 3.64. The molecule has 2 rings (SSSR count). The van der Waals surface area contributed by atoms with E-state index in [4.69, 9.17) is 21.4 Å². The second kappa shape index (κ2) is 6.45. The summed E-state index contributed by atoms with van der Waals surface area (Å²) in [7, 11) is 3.45. The van der Waals surface area contributed by atoms with Crippen molar-refractivity contribution in [3.8, 4) is 5.75 Å². The smallest absolute Gasteiger partial charge is 0.337 e. The summed E-state index contributed by atoms with van der Waals surface area (Å²) < 4.78 is 5.18. The highest BCUT2D eigenvalue weighted by Gasteiger charge is 2.13. The minimum Gasteiger partial charge on any atom is -0.497 e. The van der Waals surface area contributed by atoms with Gasteiger partial charge in [-0.1, -0.05) is 23.7 Å². The van der Waals surface area contributed by atoms with Gasteiger partial charge in [0.05, 0.1) is 17.7 Å². The number of carboxylic acid groups (broad SMARTS) is 1. The molecule has 0 amide bonds. The average Bonchev–Trinajstić information content (AvgIpc) is 2.47. The number of pyridine rings is 1. The van der Waals surface area contributed by atoms with Crippen molar-refractivity contribution in [2.45, 2.75) is 6.54 Å². The van der Waals surface area contributed by atoms with Crippen LogP contribution in [0.3, 0.4) is 0 Å². The topological polar surface area (TPSA) is 62.7 Å². The molecule has 0 aliphatic heterocycles. The standard InChI is InChI=1S/C15H15ClN2O3/c1-18(9-10-4-3-5-11(6-10)21-2)14-7-12(15(19)20)13(16)8-17-14/h3-8H,9H2,1-2H3,(H,19,20). The number of anilines is 1. The van der Waals surface area contributed by atoms with Crippen LogP contribution in [-0.4, -0.2) is 30.2 Å². The number of aromatic carboxylic acids is 1. The Labute approximate surface area is 127 Å². The van der Waals surface area contributed by atoms with Crippen LogP contribution in [0.25, 0.3) is 0 Å². The molecule has 0 radical (unpaired) electrons. The Hall–Kier alpha value is -2.27. The molecule has 0 bridgehead atoms. The van der Waals surface area contributed by atoms with E-state index in [1.165, 1.54) is 12.3 Å². The number of carbonyl (C=O) groups is 1. The number of methoxy groups -OCH3 is 1. The predicted molar refractivity (Wildman–Crippen MR) is 81.3 cm³/mol. The molecule has 110 valence electrons. The Morgan fingerprint density at radius 2 is 2.19 bits per heavy atom. The quantitative estimate of drug-likeness (QED) is 0.919. The van der Waals surface area contributed by atoms with Crippen LogP contribution >= 0.6 is 11.6 Å². The molecule has 21 heavy (non-hydrogen) atoms. The summed E-state index contributed by atoms with van der Waals surface area (Å²) in [5, 5.41) is 9.21. The van der Waals surface area contributed by atoms with Crippen molar-refractivity contribution in [2.75, 3.05) is 19.1 Å². The highest BCUT2D eigenvalue weighted by Crippen LogP contribution is 2.22. The van der Waals surface area contributed by atoms with Gasteiger partial charge in [-0.2, -0.15) is 0 Å². The van der Waals surface area contributed by atoms with Gasteiger partial charge in [0.2, 0.25) is 0 Å². The van der Waals surface area contributed by atoms with Crippen molar-refractivity contribution in [1.29, 1.82) is 0 Å². The highest BCUT2D eigenvalue weighted by atomic mass is 35.5. The van der Waals surface area contributed by atoms with E-state index in [0.717, 1.165) is 11.3 Å². The number of rotatable bonds is 5. The van der Waals surface area contributed by atoms with Crippen LogP contribution in [0.1, 0.15) is 15.9 Å². The molecule has 1 heterocycles. The normalized spacial score (nSPS) is 10.2.